The van der Waals surface area contributed by atoms with Gasteiger partial charge in [0.1, 0.15) is 0 Å². The molecule has 1 aliphatic rings. The molecule has 0 aromatic heterocycles. The fourth-order valence-electron chi connectivity index (χ4n) is 4.41. The molecule has 1 rings (SSSR count). The number of hydrogen-bond acceptors (Lipinski definition) is 0. The van der Waals surface area contributed by atoms with Gasteiger partial charge in [-0.15, -0.1) is 11.6 Å². The number of halogens is 1. The highest BCUT2D eigenvalue weighted by molar-refractivity contribution is 6.17. The summed E-state index contributed by atoms with van der Waals surface area (Å²) in [6.07, 6.45) is 10.9. The maximum absolute atomic E-state index is 5.38. The summed E-state index contributed by atoms with van der Waals surface area (Å²) in [5.41, 5.74) is 1.11. The smallest absolute Gasteiger partial charge is 0.0223 e. The Balaban J connectivity index is 0.000000688. The molecule has 0 radical (unpaired) electrons. The average Bonchev–Trinajstić information content (AvgIpc) is 2.65. The van der Waals surface area contributed by atoms with Crippen molar-refractivity contribution >= 4 is 11.6 Å². The van der Waals surface area contributed by atoms with Crippen molar-refractivity contribution in [2.45, 2.75) is 107 Å². The van der Waals surface area contributed by atoms with Crippen LogP contribution >= 0.6 is 11.6 Å². The normalized spacial score (nSPS) is 24.9. The second-order valence-electron chi connectivity index (χ2n) is 10.2. The van der Waals surface area contributed by atoms with Crippen LogP contribution in [-0.2, 0) is 0 Å². The molecule has 0 nitrogen and oxygen atoms in total. The Kier molecular flexibility index (Phi) is 11.2. The lowest BCUT2D eigenvalue weighted by Gasteiger charge is -2.25. The zero-order chi connectivity index (χ0) is 18.1. The summed E-state index contributed by atoms with van der Waals surface area (Å²) < 4.78 is 0. The summed E-state index contributed by atoms with van der Waals surface area (Å²) in [5, 5.41) is 0. The molecule has 0 amide bonds. The van der Waals surface area contributed by atoms with E-state index in [1.807, 2.05) is 0 Å². The molecule has 1 fully saturated rings. The van der Waals surface area contributed by atoms with Gasteiger partial charge >= 0.3 is 0 Å². The number of unbranched alkanes of at least 4 members (excludes halogenated alkanes) is 2. The minimum absolute atomic E-state index is 0.500. The van der Waals surface area contributed by atoms with Crippen molar-refractivity contribution in [3.05, 3.63) is 0 Å². The van der Waals surface area contributed by atoms with Gasteiger partial charge in [-0.3, -0.25) is 0 Å². The summed E-state index contributed by atoms with van der Waals surface area (Å²) >= 11 is 5.38. The van der Waals surface area contributed by atoms with E-state index in [0.717, 1.165) is 23.6 Å². The van der Waals surface area contributed by atoms with Crippen LogP contribution in [0, 0.1) is 28.6 Å². The van der Waals surface area contributed by atoms with Gasteiger partial charge in [0.25, 0.3) is 0 Å². The second-order valence-corrected chi connectivity index (χ2v) is 10.5. The molecule has 0 heterocycles. The summed E-state index contributed by atoms with van der Waals surface area (Å²) in [6, 6.07) is 0. The fourth-order valence-corrected chi connectivity index (χ4v) is 4.60. The third-order valence-electron chi connectivity index (χ3n) is 5.22. The SMILES string of the molecule is CC(CCC1CC(C)(C)CC1C)CC(C)(C)C.CCCCCCl. The Labute approximate surface area is 153 Å². The highest BCUT2D eigenvalue weighted by Crippen LogP contribution is 2.47. The van der Waals surface area contributed by atoms with Crippen molar-refractivity contribution < 1.29 is 0 Å². The lowest BCUT2D eigenvalue weighted by Crippen LogP contribution is -2.13. The molecule has 3 unspecified atom stereocenters. The molecule has 0 bridgehead atoms. The van der Waals surface area contributed by atoms with Crippen molar-refractivity contribution in [3.8, 4) is 0 Å². The first-order valence-electron chi connectivity index (χ1n) is 10.1. The summed E-state index contributed by atoms with van der Waals surface area (Å²) in [5.74, 6) is 3.67. The Morgan fingerprint density at radius 3 is 2.09 bits per heavy atom. The van der Waals surface area contributed by atoms with E-state index in [1.165, 1.54) is 51.4 Å². The first-order valence-corrected chi connectivity index (χ1v) is 10.6. The van der Waals surface area contributed by atoms with E-state index in [0.29, 0.717) is 10.8 Å². The van der Waals surface area contributed by atoms with Gasteiger partial charge in [-0.1, -0.05) is 74.7 Å². The highest BCUT2D eigenvalue weighted by atomic mass is 35.5. The molecular weight excluding hydrogens is 300 g/mol. The van der Waals surface area contributed by atoms with E-state index in [9.17, 15) is 0 Å². The van der Waals surface area contributed by atoms with Crippen LogP contribution < -0.4 is 0 Å². The molecule has 0 aromatic rings. The van der Waals surface area contributed by atoms with Gasteiger partial charge in [-0.05, 0) is 60.7 Å². The van der Waals surface area contributed by atoms with Crippen LogP contribution in [-0.4, -0.2) is 5.88 Å². The van der Waals surface area contributed by atoms with Crippen LogP contribution in [0.15, 0.2) is 0 Å². The van der Waals surface area contributed by atoms with Crippen LogP contribution in [0.1, 0.15) is 107 Å². The maximum atomic E-state index is 5.38. The number of hydrogen-bond donors (Lipinski definition) is 0. The van der Waals surface area contributed by atoms with Crippen molar-refractivity contribution in [2.24, 2.45) is 28.6 Å². The standard InChI is InChI=1S/C17H34.C5H11Cl/c1-13(10-16(3,4)5)8-9-15-12-17(6,7)11-14(15)2;1-2-3-4-5-6/h13-15H,8-12H2,1-7H3;2-5H2,1H3. The second kappa shape index (κ2) is 11.0. The van der Waals surface area contributed by atoms with Gasteiger partial charge in [0.15, 0.2) is 0 Å². The lowest BCUT2D eigenvalue weighted by molar-refractivity contribution is 0.267. The van der Waals surface area contributed by atoms with E-state index < -0.39 is 0 Å². The topological polar surface area (TPSA) is 0 Å². The minimum Gasteiger partial charge on any atom is -0.127 e. The predicted octanol–water partition coefficient (Wildman–Crippen LogP) is 8.33. The predicted molar refractivity (Wildman–Crippen MR) is 108 cm³/mol. The molecule has 1 heteroatoms. The maximum Gasteiger partial charge on any atom is 0.0223 e. The van der Waals surface area contributed by atoms with Gasteiger partial charge in [0, 0.05) is 5.88 Å². The van der Waals surface area contributed by atoms with Crippen LogP contribution in [0.25, 0.3) is 0 Å². The van der Waals surface area contributed by atoms with Crippen LogP contribution in [0.3, 0.4) is 0 Å². The zero-order valence-corrected chi connectivity index (χ0v) is 18.2. The molecule has 1 aliphatic carbocycles. The molecule has 0 spiro atoms. The minimum atomic E-state index is 0.500. The largest absolute Gasteiger partial charge is 0.127 e. The average molecular weight is 345 g/mol. The molecule has 23 heavy (non-hydrogen) atoms. The lowest BCUT2D eigenvalue weighted by atomic mass is 9.81. The molecule has 0 aromatic carbocycles. The first-order chi connectivity index (χ1) is 10.5. The molecule has 140 valence electrons. The number of alkyl halides is 1. The molecular formula is C22H45Cl. The first kappa shape index (κ1) is 23.3. The Hall–Kier alpha value is 0.290. The van der Waals surface area contributed by atoms with E-state index in [4.69, 9.17) is 11.6 Å². The van der Waals surface area contributed by atoms with E-state index in [1.54, 1.807) is 0 Å². The van der Waals surface area contributed by atoms with Crippen LogP contribution in [0.4, 0.5) is 0 Å². The Bertz CT molecular complexity index is 283. The van der Waals surface area contributed by atoms with Gasteiger partial charge in [-0.2, -0.15) is 0 Å². The van der Waals surface area contributed by atoms with E-state index >= 15 is 0 Å². The van der Waals surface area contributed by atoms with Crippen molar-refractivity contribution in [1.82, 2.24) is 0 Å². The van der Waals surface area contributed by atoms with Crippen LogP contribution in [0.2, 0.25) is 0 Å². The molecule has 1 saturated carbocycles. The molecule has 0 N–H and O–H groups in total. The number of rotatable bonds is 7. The van der Waals surface area contributed by atoms with Gasteiger partial charge in [-0.25, -0.2) is 0 Å². The third kappa shape index (κ3) is 12.3. The molecule has 0 saturated heterocycles. The Morgan fingerprint density at radius 1 is 1.13 bits per heavy atom. The zero-order valence-electron chi connectivity index (χ0n) is 17.5. The van der Waals surface area contributed by atoms with E-state index in [-0.39, 0.29) is 0 Å². The van der Waals surface area contributed by atoms with Crippen LogP contribution in [0.5, 0.6) is 0 Å². The molecule has 3 atom stereocenters. The third-order valence-corrected chi connectivity index (χ3v) is 5.49. The highest BCUT2D eigenvalue weighted by Gasteiger charge is 2.36. The summed E-state index contributed by atoms with van der Waals surface area (Å²) in [4.78, 5) is 0. The van der Waals surface area contributed by atoms with Gasteiger partial charge in [0.2, 0.25) is 0 Å². The van der Waals surface area contributed by atoms with E-state index in [2.05, 4.69) is 55.4 Å². The Morgan fingerprint density at radius 2 is 1.74 bits per heavy atom. The van der Waals surface area contributed by atoms with Gasteiger partial charge < -0.3 is 0 Å². The van der Waals surface area contributed by atoms with Crippen molar-refractivity contribution in [2.75, 3.05) is 5.88 Å². The quantitative estimate of drug-likeness (QED) is 0.321. The fraction of sp³-hybridized carbons (Fsp3) is 1.00. The molecule has 0 aliphatic heterocycles. The van der Waals surface area contributed by atoms with Crippen molar-refractivity contribution in [3.63, 3.8) is 0 Å². The monoisotopic (exact) mass is 344 g/mol. The summed E-state index contributed by atoms with van der Waals surface area (Å²) in [6.45, 7) is 19.1. The summed E-state index contributed by atoms with van der Waals surface area (Å²) in [7, 11) is 0. The van der Waals surface area contributed by atoms with Gasteiger partial charge in [0.05, 0.1) is 0 Å². The van der Waals surface area contributed by atoms with Crippen molar-refractivity contribution in [1.29, 1.82) is 0 Å².